The van der Waals surface area contributed by atoms with Crippen LogP contribution in [0.1, 0.15) is 34.1 Å². The molecule has 0 aliphatic rings. The summed E-state index contributed by atoms with van der Waals surface area (Å²) in [5.74, 6) is -0.953. The first-order valence-electron chi connectivity index (χ1n) is 10.2. The summed E-state index contributed by atoms with van der Waals surface area (Å²) in [6, 6.07) is 25.8. The third kappa shape index (κ3) is 6.93. The van der Waals surface area contributed by atoms with Gasteiger partial charge in [-0.1, -0.05) is 78.5 Å². The van der Waals surface area contributed by atoms with E-state index in [0.29, 0.717) is 11.1 Å². The monoisotopic (exact) mass is 441 g/mol. The van der Waals surface area contributed by atoms with Gasteiger partial charge in [-0.3, -0.25) is 4.79 Å². The molecule has 160 valence electrons. The van der Waals surface area contributed by atoms with Crippen LogP contribution in [0.15, 0.2) is 124 Å². The SMILES string of the molecule is CC\C=C/C=C/C(=N\OC(=O)c1ccccc1)C(=O)c1ccc(Sc2ccccc2)cc1. The van der Waals surface area contributed by atoms with E-state index in [0.717, 1.165) is 16.2 Å². The van der Waals surface area contributed by atoms with Crippen molar-refractivity contribution in [1.82, 2.24) is 0 Å². The maximum atomic E-state index is 13.0. The van der Waals surface area contributed by atoms with Crippen molar-refractivity contribution < 1.29 is 14.4 Å². The van der Waals surface area contributed by atoms with Gasteiger partial charge in [-0.15, -0.1) is 0 Å². The highest BCUT2D eigenvalue weighted by molar-refractivity contribution is 7.99. The molecule has 3 aromatic rings. The van der Waals surface area contributed by atoms with E-state index in [-0.39, 0.29) is 11.5 Å². The van der Waals surface area contributed by atoms with E-state index in [1.165, 1.54) is 0 Å². The molecule has 0 heterocycles. The number of nitrogens with zero attached hydrogens (tertiary/aromatic N) is 1. The van der Waals surface area contributed by atoms with Crippen LogP contribution in [0.2, 0.25) is 0 Å². The molecular weight excluding hydrogens is 418 g/mol. The number of carbonyl (C=O) groups excluding carboxylic acids is 2. The molecule has 0 atom stereocenters. The lowest BCUT2D eigenvalue weighted by molar-refractivity contribution is 0.0516. The van der Waals surface area contributed by atoms with E-state index in [1.807, 2.05) is 61.5 Å². The summed E-state index contributed by atoms with van der Waals surface area (Å²) < 4.78 is 0. The molecule has 0 aliphatic heterocycles. The predicted molar refractivity (Wildman–Crippen MR) is 129 cm³/mol. The van der Waals surface area contributed by atoms with Gasteiger partial charge >= 0.3 is 5.97 Å². The lowest BCUT2D eigenvalue weighted by Gasteiger charge is -2.05. The average Bonchev–Trinajstić information content (AvgIpc) is 2.84. The molecule has 0 N–H and O–H groups in total. The molecule has 0 amide bonds. The molecule has 0 aliphatic carbocycles. The largest absolute Gasteiger partial charge is 0.365 e. The summed E-state index contributed by atoms with van der Waals surface area (Å²) in [4.78, 5) is 32.4. The smallest absolute Gasteiger partial charge is 0.312 e. The average molecular weight is 442 g/mol. The van der Waals surface area contributed by atoms with Crippen molar-refractivity contribution in [2.75, 3.05) is 0 Å². The number of rotatable bonds is 9. The van der Waals surface area contributed by atoms with E-state index in [4.69, 9.17) is 4.84 Å². The van der Waals surface area contributed by atoms with Gasteiger partial charge in [0.2, 0.25) is 5.78 Å². The zero-order valence-corrected chi connectivity index (χ0v) is 18.5. The Kier molecular flexibility index (Phi) is 8.78. The van der Waals surface area contributed by atoms with Crippen LogP contribution in [0.25, 0.3) is 0 Å². The molecule has 4 nitrogen and oxygen atoms in total. The van der Waals surface area contributed by atoms with Crippen molar-refractivity contribution in [3.8, 4) is 0 Å². The van der Waals surface area contributed by atoms with Gasteiger partial charge in [0.15, 0.2) is 5.71 Å². The molecule has 0 spiro atoms. The minimum Gasteiger partial charge on any atom is -0.312 e. The van der Waals surface area contributed by atoms with Gasteiger partial charge in [-0.2, -0.15) is 0 Å². The van der Waals surface area contributed by atoms with Crippen LogP contribution < -0.4 is 0 Å². The summed E-state index contributed by atoms with van der Waals surface area (Å²) in [7, 11) is 0. The maximum absolute atomic E-state index is 13.0. The molecule has 3 rings (SSSR count). The minimum absolute atomic E-state index is 0.0403. The van der Waals surface area contributed by atoms with E-state index >= 15 is 0 Å². The normalized spacial score (nSPS) is 11.7. The number of Topliss-reactive ketones (excluding diaryl/α,β-unsaturated/α-hetero) is 1. The Morgan fingerprint density at radius 3 is 2.09 bits per heavy atom. The second-order valence-electron chi connectivity index (χ2n) is 6.69. The Hall–Kier alpha value is -3.70. The number of oxime groups is 1. The van der Waals surface area contributed by atoms with Crippen LogP contribution in [0.4, 0.5) is 0 Å². The molecule has 5 heteroatoms. The highest BCUT2D eigenvalue weighted by Gasteiger charge is 2.14. The fourth-order valence-electron chi connectivity index (χ4n) is 2.67. The van der Waals surface area contributed by atoms with Crippen molar-refractivity contribution in [2.45, 2.75) is 23.1 Å². The number of allylic oxidation sites excluding steroid dienone is 4. The van der Waals surface area contributed by atoms with Crippen molar-refractivity contribution in [3.63, 3.8) is 0 Å². The van der Waals surface area contributed by atoms with E-state index in [9.17, 15) is 9.59 Å². The van der Waals surface area contributed by atoms with E-state index in [2.05, 4.69) is 5.16 Å². The highest BCUT2D eigenvalue weighted by Crippen LogP contribution is 2.27. The molecule has 0 unspecified atom stereocenters. The second kappa shape index (κ2) is 12.2. The van der Waals surface area contributed by atoms with Crippen LogP contribution in [0.3, 0.4) is 0 Å². The van der Waals surface area contributed by atoms with E-state index in [1.54, 1.807) is 66.4 Å². The Morgan fingerprint density at radius 1 is 0.812 bits per heavy atom. The second-order valence-corrected chi connectivity index (χ2v) is 7.83. The zero-order chi connectivity index (χ0) is 22.6. The van der Waals surface area contributed by atoms with Crippen LogP contribution >= 0.6 is 11.8 Å². The summed E-state index contributed by atoms with van der Waals surface area (Å²) in [5.41, 5.74) is 0.861. The molecule has 32 heavy (non-hydrogen) atoms. The third-order valence-electron chi connectivity index (χ3n) is 4.30. The number of ketones is 1. The fourth-order valence-corrected chi connectivity index (χ4v) is 3.51. The number of benzene rings is 3. The van der Waals surface area contributed by atoms with Crippen LogP contribution in [-0.4, -0.2) is 17.5 Å². The molecule has 0 saturated carbocycles. The number of carbonyl (C=O) groups is 2. The third-order valence-corrected chi connectivity index (χ3v) is 5.32. The molecule has 0 bridgehead atoms. The van der Waals surface area contributed by atoms with Crippen LogP contribution in [0, 0.1) is 0 Å². The first-order chi connectivity index (χ1) is 15.7. The van der Waals surface area contributed by atoms with Gasteiger partial charge in [0.05, 0.1) is 5.56 Å². The van der Waals surface area contributed by atoms with E-state index < -0.39 is 5.97 Å². The standard InChI is InChI=1S/C27H23NO3S/c1-2-3-4-11-16-25(28-31-27(30)22-12-7-5-8-13-22)26(29)21-17-19-24(20-18-21)32-23-14-9-6-10-15-23/h3-20H,2H2,1H3/b4-3-,16-11+,28-25+. The summed E-state index contributed by atoms with van der Waals surface area (Å²) in [6.45, 7) is 2.02. The topological polar surface area (TPSA) is 55.7 Å². The minimum atomic E-state index is -0.622. The van der Waals surface area contributed by atoms with Gasteiger partial charge in [0.1, 0.15) is 0 Å². The Bertz CT molecular complexity index is 1120. The van der Waals surface area contributed by atoms with Crippen molar-refractivity contribution >= 4 is 29.2 Å². The van der Waals surface area contributed by atoms with Crippen LogP contribution in [0.5, 0.6) is 0 Å². The zero-order valence-electron chi connectivity index (χ0n) is 17.7. The van der Waals surface area contributed by atoms with Gasteiger partial charge in [-0.25, -0.2) is 4.79 Å². The molecule has 0 saturated heterocycles. The van der Waals surface area contributed by atoms with Crippen molar-refractivity contribution in [3.05, 3.63) is 120 Å². The lowest BCUT2D eigenvalue weighted by Crippen LogP contribution is -2.14. The lowest BCUT2D eigenvalue weighted by atomic mass is 10.1. The van der Waals surface area contributed by atoms with Gasteiger partial charge in [0, 0.05) is 15.4 Å². The summed E-state index contributed by atoms with van der Waals surface area (Å²) in [5, 5.41) is 3.86. The van der Waals surface area contributed by atoms with Crippen molar-refractivity contribution in [2.24, 2.45) is 5.16 Å². The first-order valence-corrected chi connectivity index (χ1v) is 11.0. The molecule has 0 fully saturated rings. The number of hydrogen-bond acceptors (Lipinski definition) is 5. The highest BCUT2D eigenvalue weighted by atomic mass is 32.2. The van der Waals surface area contributed by atoms with Crippen LogP contribution in [-0.2, 0) is 4.84 Å². The Morgan fingerprint density at radius 2 is 1.44 bits per heavy atom. The molecule has 0 radical (unpaired) electrons. The molecular formula is C27H23NO3S. The maximum Gasteiger partial charge on any atom is 0.365 e. The molecule has 0 aromatic heterocycles. The summed E-state index contributed by atoms with van der Waals surface area (Å²) in [6.07, 6.45) is 7.88. The fraction of sp³-hybridized carbons (Fsp3) is 0.0741. The van der Waals surface area contributed by atoms with Gasteiger partial charge < -0.3 is 4.84 Å². The Balaban J connectivity index is 1.77. The molecule has 3 aromatic carbocycles. The van der Waals surface area contributed by atoms with Gasteiger partial charge in [-0.05, 0) is 61.0 Å². The predicted octanol–water partition coefficient (Wildman–Crippen LogP) is 6.76. The summed E-state index contributed by atoms with van der Waals surface area (Å²) >= 11 is 1.61. The van der Waals surface area contributed by atoms with Gasteiger partial charge in [0.25, 0.3) is 0 Å². The Labute approximate surface area is 192 Å². The number of hydrogen-bond donors (Lipinski definition) is 0. The van der Waals surface area contributed by atoms with Crippen molar-refractivity contribution in [1.29, 1.82) is 0 Å². The first kappa shape index (κ1) is 23.0. The quantitative estimate of drug-likeness (QED) is 0.121.